The standard InChI is InChI=1S/C21H36O3Si2/c1-20(2,3)25(7,8)23-18-14-11-17(12-15-18)13-16-19(22)24-26(9,10)21(4,5)6/h11-16H,1-10H3/b16-13+. The van der Waals surface area contributed by atoms with Crippen LogP contribution in [0.15, 0.2) is 30.3 Å². The molecule has 5 heteroatoms. The molecule has 0 aliphatic carbocycles. The summed E-state index contributed by atoms with van der Waals surface area (Å²) >= 11 is 0. The lowest BCUT2D eigenvalue weighted by atomic mass is 10.2. The van der Waals surface area contributed by atoms with Crippen LogP contribution in [0.4, 0.5) is 0 Å². The molecule has 0 fully saturated rings. The molecule has 0 heterocycles. The fraction of sp³-hybridized carbons (Fsp3) is 0.571. The zero-order valence-corrected chi connectivity index (χ0v) is 20.2. The summed E-state index contributed by atoms with van der Waals surface area (Å²) in [6.07, 6.45) is 3.32. The number of hydrogen-bond donors (Lipinski definition) is 0. The third-order valence-corrected chi connectivity index (χ3v) is 14.3. The number of carbonyl (C=O) groups excluding carboxylic acids is 1. The van der Waals surface area contributed by atoms with Gasteiger partial charge in [-0.3, -0.25) is 0 Å². The fourth-order valence-electron chi connectivity index (χ4n) is 1.70. The molecule has 1 rings (SSSR count). The Morgan fingerprint density at radius 3 is 1.73 bits per heavy atom. The van der Waals surface area contributed by atoms with Crippen molar-refractivity contribution >= 4 is 28.7 Å². The first kappa shape index (κ1) is 22.7. The lowest BCUT2D eigenvalue weighted by Crippen LogP contribution is -2.43. The molecule has 1 aromatic carbocycles. The highest BCUT2D eigenvalue weighted by Gasteiger charge is 2.40. The maximum Gasteiger partial charge on any atom is 0.317 e. The van der Waals surface area contributed by atoms with E-state index in [1.807, 2.05) is 24.3 Å². The number of carbonyl (C=O) groups is 1. The summed E-state index contributed by atoms with van der Waals surface area (Å²) in [5.74, 6) is 0.621. The molecule has 0 N–H and O–H groups in total. The number of hydrogen-bond acceptors (Lipinski definition) is 3. The van der Waals surface area contributed by atoms with E-state index in [4.69, 9.17) is 8.85 Å². The summed E-state index contributed by atoms with van der Waals surface area (Å²) in [6, 6.07) is 7.88. The molecule has 26 heavy (non-hydrogen) atoms. The van der Waals surface area contributed by atoms with Gasteiger partial charge in [-0.05, 0) is 60.0 Å². The Labute approximate surface area is 162 Å². The van der Waals surface area contributed by atoms with Crippen LogP contribution >= 0.6 is 0 Å². The number of rotatable bonds is 5. The molecule has 0 saturated heterocycles. The lowest BCUT2D eigenvalue weighted by molar-refractivity contribution is -0.129. The molecule has 0 aliphatic rings. The zero-order chi connectivity index (χ0) is 20.4. The van der Waals surface area contributed by atoms with Gasteiger partial charge < -0.3 is 8.85 Å². The highest BCUT2D eigenvalue weighted by atomic mass is 28.4. The predicted octanol–water partition coefficient (Wildman–Crippen LogP) is 6.63. The van der Waals surface area contributed by atoms with E-state index in [0.717, 1.165) is 11.3 Å². The van der Waals surface area contributed by atoms with Gasteiger partial charge in [0.1, 0.15) is 5.75 Å². The Morgan fingerprint density at radius 2 is 1.31 bits per heavy atom. The van der Waals surface area contributed by atoms with Gasteiger partial charge in [0.2, 0.25) is 8.32 Å². The van der Waals surface area contributed by atoms with E-state index < -0.39 is 16.6 Å². The minimum atomic E-state index is -2.08. The van der Waals surface area contributed by atoms with Crippen LogP contribution in [0.1, 0.15) is 47.1 Å². The molecule has 0 atom stereocenters. The van der Waals surface area contributed by atoms with Gasteiger partial charge in [-0.15, -0.1) is 0 Å². The van der Waals surface area contributed by atoms with Crippen molar-refractivity contribution in [2.75, 3.05) is 0 Å². The van der Waals surface area contributed by atoms with Gasteiger partial charge in [0.25, 0.3) is 8.32 Å². The molecule has 1 aromatic rings. The molecular weight excluding hydrogens is 356 g/mol. The van der Waals surface area contributed by atoms with Crippen LogP contribution in [0.25, 0.3) is 6.08 Å². The summed E-state index contributed by atoms with van der Waals surface area (Å²) < 4.78 is 12.0. The van der Waals surface area contributed by atoms with Crippen molar-refractivity contribution in [2.45, 2.75) is 77.8 Å². The van der Waals surface area contributed by atoms with Crippen LogP contribution in [0.2, 0.25) is 36.3 Å². The second-order valence-corrected chi connectivity index (χ2v) is 19.4. The fourth-order valence-corrected chi connectivity index (χ4v) is 3.61. The van der Waals surface area contributed by atoms with Crippen molar-refractivity contribution in [3.63, 3.8) is 0 Å². The highest BCUT2D eigenvalue weighted by Crippen LogP contribution is 2.38. The van der Waals surface area contributed by atoms with Crippen LogP contribution in [-0.4, -0.2) is 22.6 Å². The van der Waals surface area contributed by atoms with E-state index in [1.54, 1.807) is 6.08 Å². The molecule has 0 saturated carbocycles. The molecule has 3 nitrogen and oxygen atoms in total. The molecule has 0 spiro atoms. The molecule has 0 amide bonds. The summed E-state index contributed by atoms with van der Waals surface area (Å²) in [5, 5.41) is 0.179. The van der Waals surface area contributed by atoms with Crippen molar-refractivity contribution < 1.29 is 13.6 Å². The first-order chi connectivity index (χ1) is 11.6. The van der Waals surface area contributed by atoms with Crippen molar-refractivity contribution in [3.8, 4) is 5.75 Å². The third-order valence-electron chi connectivity index (χ3n) is 5.63. The molecule has 0 aliphatic heterocycles. The monoisotopic (exact) mass is 392 g/mol. The van der Waals surface area contributed by atoms with E-state index >= 15 is 0 Å². The van der Waals surface area contributed by atoms with Gasteiger partial charge in [0.05, 0.1) is 0 Å². The largest absolute Gasteiger partial charge is 0.544 e. The number of benzene rings is 1. The smallest absolute Gasteiger partial charge is 0.317 e. The van der Waals surface area contributed by atoms with Gasteiger partial charge in [-0.2, -0.15) is 0 Å². The van der Waals surface area contributed by atoms with Crippen LogP contribution < -0.4 is 4.43 Å². The first-order valence-corrected chi connectivity index (χ1v) is 15.1. The Balaban J connectivity index is 2.76. The quantitative estimate of drug-likeness (QED) is 0.416. The lowest BCUT2D eigenvalue weighted by Gasteiger charge is -2.36. The molecule has 0 unspecified atom stereocenters. The van der Waals surface area contributed by atoms with E-state index in [2.05, 4.69) is 67.7 Å². The van der Waals surface area contributed by atoms with Crippen molar-refractivity contribution in [3.05, 3.63) is 35.9 Å². The van der Waals surface area contributed by atoms with E-state index in [9.17, 15) is 4.79 Å². The van der Waals surface area contributed by atoms with E-state index in [1.165, 1.54) is 6.08 Å². The van der Waals surface area contributed by atoms with E-state index in [0.29, 0.717) is 0 Å². The summed E-state index contributed by atoms with van der Waals surface area (Å²) in [6.45, 7) is 21.7. The first-order valence-electron chi connectivity index (χ1n) is 9.25. The zero-order valence-electron chi connectivity index (χ0n) is 18.2. The Hall–Kier alpha value is -1.34. The van der Waals surface area contributed by atoms with Gasteiger partial charge >= 0.3 is 5.97 Å². The SMILES string of the molecule is CC(C)(C)[Si](C)(C)OC(=O)/C=C/c1ccc(O[Si](C)(C)C(C)(C)C)cc1. The topological polar surface area (TPSA) is 35.5 Å². The Bertz CT molecular complexity index is 645. The maximum absolute atomic E-state index is 12.2. The van der Waals surface area contributed by atoms with Gasteiger partial charge in [0.15, 0.2) is 0 Å². The van der Waals surface area contributed by atoms with Crippen LogP contribution in [0.3, 0.4) is 0 Å². The van der Waals surface area contributed by atoms with Gasteiger partial charge in [-0.1, -0.05) is 53.7 Å². The Morgan fingerprint density at radius 1 is 0.846 bits per heavy atom. The maximum atomic E-state index is 12.2. The van der Waals surface area contributed by atoms with Crippen LogP contribution in [-0.2, 0) is 9.22 Å². The third kappa shape index (κ3) is 6.13. The molecule has 0 bridgehead atoms. The van der Waals surface area contributed by atoms with Crippen molar-refractivity contribution in [1.29, 1.82) is 0 Å². The second-order valence-electron chi connectivity index (χ2n) is 9.95. The second kappa shape index (κ2) is 7.73. The highest BCUT2D eigenvalue weighted by molar-refractivity contribution is 6.75. The average molecular weight is 393 g/mol. The van der Waals surface area contributed by atoms with Crippen LogP contribution in [0.5, 0.6) is 5.75 Å². The normalized spacial score (nSPS) is 13.8. The van der Waals surface area contributed by atoms with E-state index in [-0.39, 0.29) is 16.0 Å². The van der Waals surface area contributed by atoms with Gasteiger partial charge in [0, 0.05) is 6.08 Å². The summed E-state index contributed by atoms with van der Waals surface area (Å²) in [4.78, 5) is 12.2. The van der Waals surface area contributed by atoms with Crippen molar-refractivity contribution in [2.24, 2.45) is 0 Å². The van der Waals surface area contributed by atoms with Gasteiger partial charge in [-0.25, -0.2) is 4.79 Å². The minimum Gasteiger partial charge on any atom is -0.544 e. The van der Waals surface area contributed by atoms with Crippen LogP contribution in [0, 0.1) is 0 Å². The molecule has 0 aromatic heterocycles. The molecule has 146 valence electrons. The van der Waals surface area contributed by atoms with Crippen molar-refractivity contribution in [1.82, 2.24) is 0 Å². The summed E-state index contributed by atoms with van der Waals surface area (Å²) in [5.41, 5.74) is 0.958. The predicted molar refractivity (Wildman–Crippen MR) is 117 cm³/mol. The average Bonchev–Trinajstić information content (AvgIpc) is 2.43. The molecule has 0 radical (unpaired) electrons. The Kier molecular flexibility index (Phi) is 6.75. The molecular formula is C21H36O3Si2. The summed E-state index contributed by atoms with van der Waals surface area (Å²) in [7, 11) is -3.91. The minimum absolute atomic E-state index is 0.0131.